The molecule has 0 aliphatic carbocycles. The molecule has 20 heavy (non-hydrogen) atoms. The van der Waals surface area contributed by atoms with Crippen molar-refractivity contribution in [1.82, 2.24) is 14.7 Å². The number of nitrogens with two attached hydrogens (primary N) is 1. The largest absolute Gasteiger partial charge is 0.343 e. The van der Waals surface area contributed by atoms with Crippen molar-refractivity contribution in [2.75, 3.05) is 52.9 Å². The smallest absolute Gasteiger partial charge is 0.224 e. The average Bonchev–Trinajstić information content (AvgIpc) is 2.96. The van der Waals surface area contributed by atoms with Gasteiger partial charge in [0, 0.05) is 45.2 Å². The van der Waals surface area contributed by atoms with Crippen LogP contribution >= 0.6 is 0 Å². The molecule has 2 N–H and O–H groups in total. The minimum atomic E-state index is 0.158. The first-order valence-electron chi connectivity index (χ1n) is 8.02. The highest BCUT2D eigenvalue weighted by molar-refractivity contribution is 5.76. The van der Waals surface area contributed by atoms with E-state index >= 15 is 0 Å². The van der Waals surface area contributed by atoms with Crippen molar-refractivity contribution in [3.8, 4) is 0 Å². The highest BCUT2D eigenvalue weighted by Crippen LogP contribution is 2.09. The fourth-order valence-corrected chi connectivity index (χ4v) is 2.81. The van der Waals surface area contributed by atoms with Crippen LogP contribution in [0, 0.1) is 0 Å². The molecule has 1 unspecified atom stereocenters. The average molecular weight is 284 g/mol. The molecular formula is C15H32N4O. The lowest BCUT2D eigenvalue weighted by Gasteiger charge is -2.30. The van der Waals surface area contributed by atoms with Gasteiger partial charge in [-0.25, -0.2) is 0 Å². The number of hydrogen-bond acceptors (Lipinski definition) is 4. The number of carbonyl (C=O) groups excluding carboxylic acids is 1. The van der Waals surface area contributed by atoms with E-state index in [-0.39, 0.29) is 11.9 Å². The molecule has 0 aromatic carbocycles. The molecule has 118 valence electrons. The van der Waals surface area contributed by atoms with Gasteiger partial charge in [0.15, 0.2) is 0 Å². The van der Waals surface area contributed by atoms with Gasteiger partial charge in [0.25, 0.3) is 0 Å². The molecule has 1 fully saturated rings. The van der Waals surface area contributed by atoms with E-state index in [0.717, 1.165) is 26.2 Å². The first-order chi connectivity index (χ1) is 9.62. The number of carbonyl (C=O) groups is 1. The SMILES string of the molecule is CCN(CC)C(=O)CC(CN)N(C)CCN1CCCC1. The summed E-state index contributed by atoms with van der Waals surface area (Å²) in [5.74, 6) is 0.221. The van der Waals surface area contributed by atoms with Gasteiger partial charge in [-0.05, 0) is 46.8 Å². The number of nitrogens with zero attached hydrogens (tertiary/aromatic N) is 3. The molecule has 1 rings (SSSR count). The lowest BCUT2D eigenvalue weighted by atomic mass is 10.1. The Kier molecular flexibility index (Phi) is 8.11. The standard InChI is InChI=1S/C15H32N4O/c1-4-19(5-2)15(20)12-14(13-16)17(3)10-11-18-8-6-7-9-18/h14H,4-13,16H2,1-3H3. The van der Waals surface area contributed by atoms with Crippen LogP contribution in [0.25, 0.3) is 0 Å². The monoisotopic (exact) mass is 284 g/mol. The predicted molar refractivity (Wildman–Crippen MR) is 83.7 cm³/mol. The van der Waals surface area contributed by atoms with Crippen LogP contribution in [0.2, 0.25) is 0 Å². The molecule has 0 saturated carbocycles. The van der Waals surface area contributed by atoms with Crippen molar-refractivity contribution < 1.29 is 4.79 Å². The van der Waals surface area contributed by atoms with E-state index < -0.39 is 0 Å². The van der Waals surface area contributed by atoms with Gasteiger partial charge in [-0.15, -0.1) is 0 Å². The van der Waals surface area contributed by atoms with Crippen LogP contribution < -0.4 is 5.73 Å². The summed E-state index contributed by atoms with van der Waals surface area (Å²) in [5, 5.41) is 0. The molecule has 1 saturated heterocycles. The fourth-order valence-electron chi connectivity index (χ4n) is 2.81. The van der Waals surface area contributed by atoms with Gasteiger partial charge >= 0.3 is 0 Å². The minimum Gasteiger partial charge on any atom is -0.343 e. The Labute approximate surface area is 124 Å². The lowest BCUT2D eigenvalue weighted by molar-refractivity contribution is -0.132. The van der Waals surface area contributed by atoms with Crippen LogP contribution in [-0.2, 0) is 4.79 Å². The molecule has 0 aromatic rings. The van der Waals surface area contributed by atoms with E-state index in [4.69, 9.17) is 5.73 Å². The van der Waals surface area contributed by atoms with Gasteiger partial charge in [0.05, 0.1) is 0 Å². The van der Waals surface area contributed by atoms with E-state index in [9.17, 15) is 4.79 Å². The van der Waals surface area contributed by atoms with Gasteiger partial charge in [0.2, 0.25) is 5.91 Å². The lowest BCUT2D eigenvalue weighted by Crippen LogP contribution is -2.45. The number of likely N-dealkylation sites (N-methyl/N-ethyl adjacent to an activating group) is 1. The summed E-state index contributed by atoms with van der Waals surface area (Å²) in [7, 11) is 2.09. The predicted octanol–water partition coefficient (Wildman–Crippen LogP) is 0.600. The zero-order valence-electron chi connectivity index (χ0n) is 13.5. The first kappa shape index (κ1) is 17.4. The zero-order chi connectivity index (χ0) is 15.0. The second-order valence-electron chi connectivity index (χ2n) is 5.69. The second-order valence-corrected chi connectivity index (χ2v) is 5.69. The Morgan fingerprint density at radius 1 is 1.25 bits per heavy atom. The Hall–Kier alpha value is -0.650. The van der Waals surface area contributed by atoms with Crippen LogP contribution in [0.15, 0.2) is 0 Å². The van der Waals surface area contributed by atoms with Crippen molar-refractivity contribution in [2.24, 2.45) is 5.73 Å². The summed E-state index contributed by atoms with van der Waals surface area (Å²) in [5.41, 5.74) is 5.86. The maximum absolute atomic E-state index is 12.2. The highest BCUT2D eigenvalue weighted by atomic mass is 16.2. The maximum atomic E-state index is 12.2. The molecule has 1 heterocycles. The molecule has 1 aliphatic rings. The Bertz CT molecular complexity index is 275. The van der Waals surface area contributed by atoms with Gasteiger partial charge < -0.3 is 20.4 Å². The third-order valence-corrected chi connectivity index (χ3v) is 4.39. The maximum Gasteiger partial charge on any atom is 0.224 e. The molecule has 1 atom stereocenters. The van der Waals surface area contributed by atoms with Crippen LogP contribution in [-0.4, -0.2) is 79.5 Å². The fraction of sp³-hybridized carbons (Fsp3) is 0.933. The summed E-state index contributed by atoms with van der Waals surface area (Å²) >= 11 is 0. The van der Waals surface area contributed by atoms with Gasteiger partial charge in [-0.1, -0.05) is 0 Å². The first-order valence-corrected chi connectivity index (χ1v) is 8.02. The van der Waals surface area contributed by atoms with Crippen molar-refractivity contribution in [1.29, 1.82) is 0 Å². The number of amides is 1. The number of rotatable bonds is 9. The molecule has 1 aliphatic heterocycles. The Balaban J connectivity index is 2.37. The number of hydrogen-bond donors (Lipinski definition) is 1. The summed E-state index contributed by atoms with van der Waals surface area (Å²) in [4.78, 5) is 18.8. The molecule has 0 aromatic heterocycles. The van der Waals surface area contributed by atoms with E-state index in [1.165, 1.54) is 25.9 Å². The van der Waals surface area contributed by atoms with Crippen LogP contribution in [0.3, 0.4) is 0 Å². The van der Waals surface area contributed by atoms with Crippen LogP contribution in [0.4, 0.5) is 0 Å². The summed E-state index contributed by atoms with van der Waals surface area (Å²) in [6, 6.07) is 0.158. The summed E-state index contributed by atoms with van der Waals surface area (Å²) < 4.78 is 0. The Morgan fingerprint density at radius 2 is 1.85 bits per heavy atom. The van der Waals surface area contributed by atoms with Crippen molar-refractivity contribution in [2.45, 2.75) is 39.2 Å². The normalized spacial score (nSPS) is 17.6. The van der Waals surface area contributed by atoms with E-state index in [0.29, 0.717) is 13.0 Å². The van der Waals surface area contributed by atoms with Crippen LogP contribution in [0.1, 0.15) is 33.1 Å². The minimum absolute atomic E-state index is 0.158. The number of likely N-dealkylation sites (tertiary alicyclic amines) is 1. The van der Waals surface area contributed by atoms with E-state index in [1.54, 1.807) is 0 Å². The molecule has 5 nitrogen and oxygen atoms in total. The van der Waals surface area contributed by atoms with Crippen molar-refractivity contribution >= 4 is 5.91 Å². The van der Waals surface area contributed by atoms with Crippen LogP contribution in [0.5, 0.6) is 0 Å². The Morgan fingerprint density at radius 3 is 2.35 bits per heavy atom. The summed E-state index contributed by atoms with van der Waals surface area (Å²) in [6.45, 7) is 10.7. The van der Waals surface area contributed by atoms with E-state index in [2.05, 4.69) is 16.8 Å². The van der Waals surface area contributed by atoms with Crippen molar-refractivity contribution in [3.63, 3.8) is 0 Å². The molecule has 0 bridgehead atoms. The third kappa shape index (κ3) is 5.38. The summed E-state index contributed by atoms with van der Waals surface area (Å²) in [6.07, 6.45) is 3.18. The van der Waals surface area contributed by atoms with Gasteiger partial charge in [-0.3, -0.25) is 4.79 Å². The molecule has 1 amide bonds. The third-order valence-electron chi connectivity index (χ3n) is 4.39. The van der Waals surface area contributed by atoms with Crippen molar-refractivity contribution in [3.05, 3.63) is 0 Å². The highest BCUT2D eigenvalue weighted by Gasteiger charge is 2.21. The molecular weight excluding hydrogens is 252 g/mol. The molecule has 0 spiro atoms. The van der Waals surface area contributed by atoms with Gasteiger partial charge in [-0.2, -0.15) is 0 Å². The zero-order valence-corrected chi connectivity index (χ0v) is 13.5. The quantitative estimate of drug-likeness (QED) is 0.674. The van der Waals surface area contributed by atoms with E-state index in [1.807, 2.05) is 18.7 Å². The molecule has 0 radical (unpaired) electrons. The van der Waals surface area contributed by atoms with Gasteiger partial charge in [0.1, 0.15) is 0 Å². The topological polar surface area (TPSA) is 52.8 Å². The molecule has 5 heteroatoms. The second kappa shape index (κ2) is 9.32.